The molecule has 0 aromatic heterocycles. The fourth-order valence-electron chi connectivity index (χ4n) is 3.56. The van der Waals surface area contributed by atoms with Crippen molar-refractivity contribution in [3.63, 3.8) is 0 Å². The summed E-state index contributed by atoms with van der Waals surface area (Å²) in [6.45, 7) is 11.6. The summed E-state index contributed by atoms with van der Waals surface area (Å²) in [6.07, 6.45) is 10.2. The Hall–Kier alpha value is -0.0400. The largest absolute Gasteiger partial charge is 0.300 e. The first-order valence-corrected chi connectivity index (χ1v) is 8.03. The van der Waals surface area contributed by atoms with Gasteiger partial charge in [0.15, 0.2) is 0 Å². The van der Waals surface area contributed by atoms with E-state index in [1.807, 2.05) is 13.8 Å². The molecular formula is C16H33N. The van der Waals surface area contributed by atoms with Crippen LogP contribution in [0.4, 0.5) is 0 Å². The van der Waals surface area contributed by atoms with E-state index in [1.165, 1.54) is 58.0 Å². The zero-order valence-corrected chi connectivity index (χ0v) is 12.5. The number of piperidine rings is 1. The first kappa shape index (κ1) is 15.0. The van der Waals surface area contributed by atoms with Gasteiger partial charge in [-0.3, -0.25) is 4.90 Å². The minimum atomic E-state index is 0.936. The van der Waals surface area contributed by atoms with Gasteiger partial charge in [-0.15, -0.1) is 0 Å². The van der Waals surface area contributed by atoms with Crippen LogP contribution in [0.15, 0.2) is 0 Å². The molecule has 17 heavy (non-hydrogen) atoms. The van der Waals surface area contributed by atoms with Crippen LogP contribution in [0.1, 0.15) is 72.6 Å². The van der Waals surface area contributed by atoms with E-state index in [1.54, 1.807) is 0 Å². The van der Waals surface area contributed by atoms with Crippen LogP contribution in [-0.2, 0) is 0 Å². The van der Waals surface area contributed by atoms with Gasteiger partial charge in [0.2, 0.25) is 0 Å². The Morgan fingerprint density at radius 3 is 2.24 bits per heavy atom. The van der Waals surface area contributed by atoms with Gasteiger partial charge in [-0.1, -0.05) is 53.4 Å². The molecule has 0 radical (unpaired) electrons. The van der Waals surface area contributed by atoms with Gasteiger partial charge >= 0.3 is 0 Å². The van der Waals surface area contributed by atoms with E-state index in [0.717, 1.165) is 17.9 Å². The summed E-state index contributed by atoms with van der Waals surface area (Å²) in [5, 5.41) is 0. The van der Waals surface area contributed by atoms with Gasteiger partial charge in [-0.25, -0.2) is 0 Å². The highest BCUT2D eigenvalue weighted by molar-refractivity contribution is 4.83. The third-order valence-electron chi connectivity index (χ3n) is 4.44. The smallest absolute Gasteiger partial charge is 0.00954 e. The van der Waals surface area contributed by atoms with Crippen molar-refractivity contribution in [1.82, 2.24) is 4.90 Å². The molecule has 0 bridgehead atoms. The summed E-state index contributed by atoms with van der Waals surface area (Å²) in [5.74, 6) is 1.92. The molecule has 1 heteroatoms. The minimum absolute atomic E-state index is 0.936. The number of hydrogen-bond acceptors (Lipinski definition) is 1. The summed E-state index contributed by atoms with van der Waals surface area (Å²) >= 11 is 0. The molecule has 1 heterocycles. The van der Waals surface area contributed by atoms with Crippen LogP contribution in [0.2, 0.25) is 0 Å². The second-order valence-corrected chi connectivity index (χ2v) is 5.86. The van der Waals surface area contributed by atoms with Gasteiger partial charge in [0.05, 0.1) is 0 Å². The van der Waals surface area contributed by atoms with E-state index in [2.05, 4.69) is 18.7 Å². The van der Waals surface area contributed by atoms with Gasteiger partial charge < -0.3 is 0 Å². The third kappa shape index (κ3) is 4.62. The van der Waals surface area contributed by atoms with E-state index in [9.17, 15) is 0 Å². The number of rotatable bonds is 2. The van der Waals surface area contributed by atoms with Crippen molar-refractivity contribution < 1.29 is 0 Å². The Kier molecular flexibility index (Phi) is 7.18. The van der Waals surface area contributed by atoms with Crippen molar-refractivity contribution in [2.45, 2.75) is 78.7 Å². The molecule has 1 aliphatic heterocycles. The quantitative estimate of drug-likeness (QED) is 0.674. The molecule has 0 aromatic rings. The lowest BCUT2D eigenvalue weighted by molar-refractivity contribution is 0.0690. The molecule has 0 amide bonds. The van der Waals surface area contributed by atoms with E-state index in [4.69, 9.17) is 0 Å². The standard InChI is InChI=1S/C14H27N.C2H6/c1-3-13-9-12(2)10-15(11-13)14-7-5-4-6-8-14;1-2/h12-14H,3-11H2,1-2H3;1-2H3. The van der Waals surface area contributed by atoms with Crippen molar-refractivity contribution in [2.24, 2.45) is 11.8 Å². The molecule has 1 aliphatic carbocycles. The van der Waals surface area contributed by atoms with Gasteiger partial charge in [-0.2, -0.15) is 0 Å². The van der Waals surface area contributed by atoms with E-state index >= 15 is 0 Å². The van der Waals surface area contributed by atoms with Gasteiger partial charge in [-0.05, 0) is 31.1 Å². The Balaban J connectivity index is 0.000000686. The average Bonchev–Trinajstić information content (AvgIpc) is 2.41. The van der Waals surface area contributed by atoms with Crippen LogP contribution in [0.3, 0.4) is 0 Å². The maximum Gasteiger partial charge on any atom is 0.00954 e. The molecular weight excluding hydrogens is 206 g/mol. The summed E-state index contributed by atoms with van der Waals surface area (Å²) in [6, 6.07) is 0.940. The Morgan fingerprint density at radius 1 is 1.00 bits per heavy atom. The Labute approximate surface area is 109 Å². The average molecular weight is 239 g/mol. The lowest BCUT2D eigenvalue weighted by Gasteiger charge is -2.42. The summed E-state index contributed by atoms with van der Waals surface area (Å²) in [7, 11) is 0. The van der Waals surface area contributed by atoms with Crippen LogP contribution in [0.5, 0.6) is 0 Å². The van der Waals surface area contributed by atoms with Crippen molar-refractivity contribution in [3.05, 3.63) is 0 Å². The summed E-state index contributed by atoms with van der Waals surface area (Å²) in [5.41, 5.74) is 0. The second-order valence-electron chi connectivity index (χ2n) is 5.86. The molecule has 2 rings (SSSR count). The monoisotopic (exact) mass is 239 g/mol. The zero-order chi connectivity index (χ0) is 12.7. The number of likely N-dealkylation sites (tertiary alicyclic amines) is 1. The van der Waals surface area contributed by atoms with E-state index < -0.39 is 0 Å². The second kappa shape index (κ2) is 8.13. The third-order valence-corrected chi connectivity index (χ3v) is 4.44. The lowest BCUT2D eigenvalue weighted by atomic mass is 9.85. The van der Waals surface area contributed by atoms with Gasteiger partial charge in [0.25, 0.3) is 0 Å². The van der Waals surface area contributed by atoms with E-state index in [-0.39, 0.29) is 0 Å². The molecule has 1 saturated heterocycles. The predicted octanol–water partition coefficient (Wildman–Crippen LogP) is 4.71. The highest BCUT2D eigenvalue weighted by Crippen LogP contribution is 2.30. The van der Waals surface area contributed by atoms with Crippen molar-refractivity contribution in [2.75, 3.05) is 13.1 Å². The lowest BCUT2D eigenvalue weighted by Crippen LogP contribution is -2.46. The van der Waals surface area contributed by atoms with Crippen LogP contribution in [-0.4, -0.2) is 24.0 Å². The first-order chi connectivity index (χ1) is 8.29. The molecule has 2 aliphatic rings. The van der Waals surface area contributed by atoms with Crippen molar-refractivity contribution >= 4 is 0 Å². The Morgan fingerprint density at radius 2 is 1.65 bits per heavy atom. The number of hydrogen-bond donors (Lipinski definition) is 0. The maximum atomic E-state index is 2.82. The molecule has 0 N–H and O–H groups in total. The Bertz CT molecular complexity index is 184. The van der Waals surface area contributed by atoms with Crippen molar-refractivity contribution in [3.8, 4) is 0 Å². The molecule has 1 saturated carbocycles. The molecule has 2 fully saturated rings. The molecule has 2 unspecified atom stereocenters. The first-order valence-electron chi connectivity index (χ1n) is 8.03. The van der Waals surface area contributed by atoms with E-state index in [0.29, 0.717) is 0 Å². The predicted molar refractivity (Wildman–Crippen MR) is 77.4 cm³/mol. The maximum absolute atomic E-state index is 2.82. The van der Waals surface area contributed by atoms with Gasteiger partial charge in [0.1, 0.15) is 0 Å². The topological polar surface area (TPSA) is 3.24 Å². The SMILES string of the molecule is CC.CCC1CC(C)CN(C2CCCCC2)C1. The molecule has 2 atom stereocenters. The molecule has 0 spiro atoms. The van der Waals surface area contributed by atoms with Crippen molar-refractivity contribution in [1.29, 1.82) is 0 Å². The minimum Gasteiger partial charge on any atom is -0.300 e. The van der Waals surface area contributed by atoms with Crippen LogP contribution in [0, 0.1) is 11.8 Å². The van der Waals surface area contributed by atoms with Gasteiger partial charge in [0, 0.05) is 19.1 Å². The molecule has 102 valence electrons. The fraction of sp³-hybridized carbons (Fsp3) is 1.00. The normalized spacial score (nSPS) is 31.8. The molecule has 0 aromatic carbocycles. The summed E-state index contributed by atoms with van der Waals surface area (Å²) in [4.78, 5) is 2.82. The summed E-state index contributed by atoms with van der Waals surface area (Å²) < 4.78 is 0. The zero-order valence-electron chi connectivity index (χ0n) is 12.5. The van der Waals surface area contributed by atoms with Crippen LogP contribution >= 0.6 is 0 Å². The number of nitrogens with zero attached hydrogens (tertiary/aromatic N) is 1. The van der Waals surface area contributed by atoms with Crippen LogP contribution < -0.4 is 0 Å². The molecule has 1 nitrogen and oxygen atoms in total. The highest BCUT2D eigenvalue weighted by Gasteiger charge is 2.29. The highest BCUT2D eigenvalue weighted by atomic mass is 15.2. The fourth-order valence-corrected chi connectivity index (χ4v) is 3.56. The van der Waals surface area contributed by atoms with Crippen LogP contribution in [0.25, 0.3) is 0 Å².